The van der Waals surface area contributed by atoms with Crippen LogP contribution in [0.2, 0.25) is 0 Å². The van der Waals surface area contributed by atoms with Gasteiger partial charge in [-0.05, 0) is 126 Å². The van der Waals surface area contributed by atoms with Gasteiger partial charge >= 0.3 is 0 Å². The lowest BCUT2D eigenvalue weighted by molar-refractivity contribution is 0.660. The van der Waals surface area contributed by atoms with Crippen LogP contribution in [0.15, 0.2) is 212 Å². The molecule has 0 bridgehead atoms. The molecule has 0 aromatic heterocycles. The first-order valence-electron chi connectivity index (χ1n) is 19.5. The van der Waals surface area contributed by atoms with Crippen LogP contribution in [-0.4, -0.2) is 0 Å². The fourth-order valence-corrected chi connectivity index (χ4v) is 8.62. The zero-order valence-corrected chi connectivity index (χ0v) is 31.7. The Kier molecular flexibility index (Phi) is 8.23. The van der Waals surface area contributed by atoms with Crippen LogP contribution in [0.4, 0.5) is 17.1 Å². The predicted octanol–water partition coefficient (Wildman–Crippen LogP) is 15.3. The van der Waals surface area contributed by atoms with Crippen LogP contribution in [-0.2, 0) is 5.41 Å². The van der Waals surface area contributed by atoms with Crippen molar-refractivity contribution in [2.24, 2.45) is 0 Å². The molecule has 0 aliphatic heterocycles. The minimum absolute atomic E-state index is 0.0940. The summed E-state index contributed by atoms with van der Waals surface area (Å²) in [5.74, 6) is 0. The molecule has 0 unspecified atom stereocenters. The predicted molar refractivity (Wildman–Crippen MR) is 238 cm³/mol. The summed E-state index contributed by atoms with van der Waals surface area (Å²) in [5.41, 5.74) is 18.4. The Morgan fingerprint density at radius 3 is 1.41 bits per heavy atom. The highest BCUT2D eigenvalue weighted by atomic mass is 15.1. The third-order valence-corrected chi connectivity index (χ3v) is 11.7. The molecule has 0 heterocycles. The standard InChI is InChI=1S/C55H41N/c1-55(2)53-18-9-8-17-51(53)52-34-33-50(37-54(52)55)56(48-29-25-42(26-30-48)41-21-19-40(20-22-41)38-11-4-3-5-12-38)49-31-27-43(28-32-49)45-15-10-16-46(35-45)47-24-23-39-13-6-7-14-44(39)36-47/h3-37H,1-2H3. The van der Waals surface area contributed by atoms with E-state index in [1.54, 1.807) is 0 Å². The molecule has 0 N–H and O–H groups in total. The molecule has 0 saturated heterocycles. The van der Waals surface area contributed by atoms with E-state index in [0.717, 1.165) is 17.1 Å². The van der Waals surface area contributed by atoms with Crippen LogP contribution in [0, 0.1) is 0 Å². The van der Waals surface area contributed by atoms with Gasteiger partial charge in [0.1, 0.15) is 0 Å². The Morgan fingerprint density at radius 1 is 0.286 bits per heavy atom. The average Bonchev–Trinajstić information content (AvgIpc) is 3.50. The summed E-state index contributed by atoms with van der Waals surface area (Å²) < 4.78 is 0. The van der Waals surface area contributed by atoms with E-state index >= 15 is 0 Å². The van der Waals surface area contributed by atoms with Gasteiger partial charge in [0.15, 0.2) is 0 Å². The van der Waals surface area contributed by atoms with Gasteiger partial charge in [0.05, 0.1) is 0 Å². The van der Waals surface area contributed by atoms with Crippen molar-refractivity contribution < 1.29 is 0 Å². The van der Waals surface area contributed by atoms with Gasteiger partial charge in [0.25, 0.3) is 0 Å². The van der Waals surface area contributed by atoms with E-state index in [0.29, 0.717) is 0 Å². The highest BCUT2D eigenvalue weighted by Gasteiger charge is 2.35. The minimum Gasteiger partial charge on any atom is -0.310 e. The lowest BCUT2D eigenvalue weighted by Crippen LogP contribution is -2.16. The zero-order chi connectivity index (χ0) is 37.6. The van der Waals surface area contributed by atoms with Gasteiger partial charge < -0.3 is 4.90 Å². The number of anilines is 3. The molecule has 10 rings (SSSR count). The summed E-state index contributed by atoms with van der Waals surface area (Å²) >= 11 is 0. The van der Waals surface area contributed by atoms with E-state index in [-0.39, 0.29) is 5.41 Å². The van der Waals surface area contributed by atoms with Crippen LogP contribution in [0.1, 0.15) is 25.0 Å². The van der Waals surface area contributed by atoms with E-state index in [2.05, 4.69) is 231 Å². The third-order valence-electron chi connectivity index (χ3n) is 11.7. The average molecular weight is 716 g/mol. The molecule has 0 amide bonds. The van der Waals surface area contributed by atoms with E-state index in [9.17, 15) is 0 Å². The lowest BCUT2D eigenvalue weighted by atomic mass is 9.82. The van der Waals surface area contributed by atoms with Crippen LogP contribution >= 0.6 is 0 Å². The Bertz CT molecular complexity index is 2850. The number of fused-ring (bicyclic) bond motifs is 4. The smallest absolute Gasteiger partial charge is 0.0465 e. The molecule has 0 radical (unpaired) electrons. The van der Waals surface area contributed by atoms with Gasteiger partial charge in [-0.25, -0.2) is 0 Å². The summed E-state index contributed by atoms with van der Waals surface area (Å²) in [6.45, 7) is 4.70. The fraction of sp³-hybridized carbons (Fsp3) is 0.0545. The van der Waals surface area contributed by atoms with Gasteiger partial charge in [-0.15, -0.1) is 0 Å². The molecule has 0 atom stereocenters. The normalized spacial score (nSPS) is 12.6. The van der Waals surface area contributed by atoms with Crippen molar-refractivity contribution in [2.45, 2.75) is 19.3 Å². The summed E-state index contributed by atoms with van der Waals surface area (Å²) in [6, 6.07) is 77.6. The molecule has 266 valence electrons. The molecule has 1 aliphatic rings. The number of benzene rings is 9. The second kappa shape index (κ2) is 13.7. The first-order chi connectivity index (χ1) is 27.5. The molecular weight excluding hydrogens is 675 g/mol. The minimum atomic E-state index is -0.0940. The van der Waals surface area contributed by atoms with Crippen molar-refractivity contribution in [3.63, 3.8) is 0 Å². The largest absolute Gasteiger partial charge is 0.310 e. The second-order valence-electron chi connectivity index (χ2n) is 15.4. The fourth-order valence-electron chi connectivity index (χ4n) is 8.62. The monoisotopic (exact) mass is 715 g/mol. The molecule has 0 saturated carbocycles. The number of nitrogens with zero attached hydrogens (tertiary/aromatic N) is 1. The van der Waals surface area contributed by atoms with Crippen molar-refractivity contribution in [1.82, 2.24) is 0 Å². The maximum absolute atomic E-state index is 2.41. The highest BCUT2D eigenvalue weighted by molar-refractivity contribution is 5.89. The maximum atomic E-state index is 2.41. The van der Waals surface area contributed by atoms with Crippen molar-refractivity contribution in [1.29, 1.82) is 0 Å². The number of hydrogen-bond acceptors (Lipinski definition) is 1. The summed E-state index contributed by atoms with van der Waals surface area (Å²) in [4.78, 5) is 2.40. The quantitative estimate of drug-likeness (QED) is 0.159. The zero-order valence-electron chi connectivity index (χ0n) is 31.7. The van der Waals surface area contributed by atoms with Crippen LogP contribution in [0.3, 0.4) is 0 Å². The highest BCUT2D eigenvalue weighted by Crippen LogP contribution is 2.50. The summed E-state index contributed by atoms with van der Waals surface area (Å²) in [5, 5.41) is 2.52. The Balaban J connectivity index is 1.01. The van der Waals surface area contributed by atoms with Gasteiger partial charge in [0, 0.05) is 22.5 Å². The van der Waals surface area contributed by atoms with Crippen molar-refractivity contribution in [3.05, 3.63) is 223 Å². The summed E-state index contributed by atoms with van der Waals surface area (Å²) in [7, 11) is 0. The molecule has 1 aliphatic carbocycles. The molecule has 0 spiro atoms. The SMILES string of the molecule is CC1(C)c2ccccc2-c2ccc(N(c3ccc(-c4ccc(-c5ccccc5)cc4)cc3)c3ccc(-c4cccc(-c5ccc6ccccc6c5)c4)cc3)cc21. The van der Waals surface area contributed by atoms with Gasteiger partial charge in [-0.1, -0.05) is 178 Å². The van der Waals surface area contributed by atoms with Gasteiger partial charge in [-0.3, -0.25) is 0 Å². The Morgan fingerprint density at radius 2 is 0.732 bits per heavy atom. The first kappa shape index (κ1) is 33.6. The lowest BCUT2D eigenvalue weighted by Gasteiger charge is -2.28. The molecule has 56 heavy (non-hydrogen) atoms. The topological polar surface area (TPSA) is 3.24 Å². The Labute approximate surface area is 329 Å². The molecule has 9 aromatic rings. The van der Waals surface area contributed by atoms with E-state index in [4.69, 9.17) is 0 Å². The van der Waals surface area contributed by atoms with Gasteiger partial charge in [0.2, 0.25) is 0 Å². The van der Waals surface area contributed by atoms with E-state index in [1.165, 1.54) is 77.5 Å². The van der Waals surface area contributed by atoms with Crippen LogP contribution in [0.25, 0.3) is 66.4 Å². The Hall–Kier alpha value is -6.96. The number of hydrogen-bond donors (Lipinski definition) is 0. The molecule has 0 fully saturated rings. The van der Waals surface area contributed by atoms with E-state index in [1.807, 2.05) is 0 Å². The molecular formula is C55H41N. The van der Waals surface area contributed by atoms with Crippen molar-refractivity contribution >= 4 is 27.8 Å². The molecule has 9 aromatic carbocycles. The third kappa shape index (κ3) is 5.99. The second-order valence-corrected chi connectivity index (χ2v) is 15.4. The van der Waals surface area contributed by atoms with Gasteiger partial charge in [-0.2, -0.15) is 0 Å². The molecule has 1 nitrogen and oxygen atoms in total. The summed E-state index contributed by atoms with van der Waals surface area (Å²) in [6.07, 6.45) is 0. The molecule has 1 heteroatoms. The maximum Gasteiger partial charge on any atom is 0.0465 e. The first-order valence-corrected chi connectivity index (χ1v) is 19.5. The van der Waals surface area contributed by atoms with Crippen molar-refractivity contribution in [2.75, 3.05) is 4.90 Å². The number of rotatable bonds is 7. The van der Waals surface area contributed by atoms with Crippen LogP contribution < -0.4 is 4.90 Å². The van der Waals surface area contributed by atoms with Crippen molar-refractivity contribution in [3.8, 4) is 55.6 Å². The van der Waals surface area contributed by atoms with Crippen LogP contribution in [0.5, 0.6) is 0 Å². The van der Waals surface area contributed by atoms with E-state index < -0.39 is 0 Å².